The Morgan fingerprint density at radius 2 is 1.71 bits per heavy atom. The van der Waals surface area contributed by atoms with E-state index < -0.39 is 0 Å². The Kier molecular flexibility index (Phi) is 5.40. The number of aryl methyl sites for hydroxylation is 1. The van der Waals surface area contributed by atoms with Crippen LogP contribution in [-0.2, 0) is 13.2 Å². The highest BCUT2D eigenvalue weighted by Gasteiger charge is 2.03. The predicted octanol–water partition coefficient (Wildman–Crippen LogP) is 4.38. The lowest BCUT2D eigenvalue weighted by molar-refractivity contribution is 0.303. The maximum absolute atomic E-state index is 5.96. The lowest BCUT2D eigenvalue weighted by Crippen LogP contribution is -2.21. The highest BCUT2D eigenvalue weighted by atomic mass is 16.5. The summed E-state index contributed by atoms with van der Waals surface area (Å²) < 4.78 is 5.96. The van der Waals surface area contributed by atoms with Gasteiger partial charge in [-0.3, -0.25) is 0 Å². The van der Waals surface area contributed by atoms with Gasteiger partial charge in [0.1, 0.15) is 12.4 Å². The second-order valence-electron chi connectivity index (χ2n) is 5.84. The van der Waals surface area contributed by atoms with Crippen LogP contribution < -0.4 is 10.1 Å². The lowest BCUT2D eigenvalue weighted by atomic mass is 10.1. The van der Waals surface area contributed by atoms with Gasteiger partial charge in [-0.05, 0) is 42.2 Å². The minimum absolute atomic E-state index is 0.500. The normalized spacial score (nSPS) is 10.9. The highest BCUT2D eigenvalue weighted by Crippen LogP contribution is 2.21. The Morgan fingerprint density at radius 1 is 1.00 bits per heavy atom. The first kappa shape index (κ1) is 15.6. The quantitative estimate of drug-likeness (QED) is 0.849. The first-order valence-electron chi connectivity index (χ1n) is 7.56. The summed E-state index contributed by atoms with van der Waals surface area (Å²) in [6.07, 6.45) is 0. The number of hydrogen-bond acceptors (Lipinski definition) is 2. The zero-order chi connectivity index (χ0) is 15.2. The topological polar surface area (TPSA) is 21.3 Å². The van der Waals surface area contributed by atoms with Crippen LogP contribution in [0.25, 0.3) is 0 Å². The zero-order valence-corrected chi connectivity index (χ0v) is 13.4. The van der Waals surface area contributed by atoms with Gasteiger partial charge in [0.2, 0.25) is 0 Å². The van der Waals surface area contributed by atoms with Crippen molar-refractivity contribution in [1.82, 2.24) is 5.32 Å². The summed E-state index contributed by atoms with van der Waals surface area (Å²) >= 11 is 0. The fraction of sp³-hybridized carbons (Fsp3) is 0.368. The van der Waals surface area contributed by atoms with Gasteiger partial charge in [-0.15, -0.1) is 0 Å². The van der Waals surface area contributed by atoms with E-state index >= 15 is 0 Å². The maximum Gasteiger partial charge on any atom is 0.122 e. The van der Waals surface area contributed by atoms with Crippen molar-refractivity contribution in [1.29, 1.82) is 0 Å². The van der Waals surface area contributed by atoms with E-state index in [9.17, 15) is 0 Å². The van der Waals surface area contributed by atoms with E-state index in [1.165, 1.54) is 22.3 Å². The van der Waals surface area contributed by atoms with Gasteiger partial charge in [-0.1, -0.05) is 50.2 Å². The molecule has 2 aromatic carbocycles. The van der Waals surface area contributed by atoms with Crippen LogP contribution >= 0.6 is 0 Å². The molecule has 0 unspecified atom stereocenters. The van der Waals surface area contributed by atoms with Crippen LogP contribution in [0.2, 0.25) is 0 Å². The second-order valence-corrected chi connectivity index (χ2v) is 5.84. The van der Waals surface area contributed by atoms with Gasteiger partial charge in [0.25, 0.3) is 0 Å². The van der Waals surface area contributed by atoms with Crippen molar-refractivity contribution < 1.29 is 4.74 Å². The molecule has 0 atom stereocenters. The standard InChI is InChI=1S/C19H25NO/c1-14(2)20-12-17-8-6-9-18(11-17)13-21-19-10-5-7-15(3)16(19)4/h5-11,14,20H,12-13H2,1-4H3. The lowest BCUT2D eigenvalue weighted by Gasteiger charge is -2.12. The Bertz CT molecular complexity index is 590. The average molecular weight is 283 g/mol. The molecule has 2 aromatic rings. The fourth-order valence-corrected chi connectivity index (χ4v) is 2.19. The molecule has 0 saturated carbocycles. The monoisotopic (exact) mass is 283 g/mol. The molecular weight excluding hydrogens is 258 g/mol. The summed E-state index contributed by atoms with van der Waals surface area (Å²) in [5.74, 6) is 0.973. The molecule has 2 rings (SSSR count). The molecule has 0 amide bonds. The van der Waals surface area contributed by atoms with Crippen molar-refractivity contribution in [2.75, 3.05) is 0 Å². The summed E-state index contributed by atoms with van der Waals surface area (Å²) in [6, 6.07) is 15.3. The number of nitrogens with one attached hydrogen (secondary N) is 1. The van der Waals surface area contributed by atoms with E-state index in [0.717, 1.165) is 12.3 Å². The van der Waals surface area contributed by atoms with Crippen LogP contribution in [-0.4, -0.2) is 6.04 Å². The number of benzene rings is 2. The largest absolute Gasteiger partial charge is 0.489 e. The maximum atomic E-state index is 5.96. The van der Waals surface area contributed by atoms with Crippen molar-refractivity contribution in [2.24, 2.45) is 0 Å². The molecule has 0 heterocycles. The molecule has 2 heteroatoms. The molecule has 0 spiro atoms. The smallest absolute Gasteiger partial charge is 0.122 e. The molecule has 0 aliphatic carbocycles. The molecular formula is C19H25NO. The third kappa shape index (κ3) is 4.61. The van der Waals surface area contributed by atoms with Crippen LogP contribution in [0.15, 0.2) is 42.5 Å². The van der Waals surface area contributed by atoms with Crippen molar-refractivity contribution in [3.63, 3.8) is 0 Å². The number of rotatable bonds is 6. The first-order valence-corrected chi connectivity index (χ1v) is 7.56. The van der Waals surface area contributed by atoms with Gasteiger partial charge >= 0.3 is 0 Å². The molecule has 0 fully saturated rings. The van der Waals surface area contributed by atoms with E-state index in [2.05, 4.69) is 63.3 Å². The van der Waals surface area contributed by atoms with E-state index in [0.29, 0.717) is 12.6 Å². The third-order valence-electron chi connectivity index (χ3n) is 3.66. The Balaban J connectivity index is 2.00. The molecule has 0 saturated heterocycles. The summed E-state index contributed by atoms with van der Waals surface area (Å²) in [6.45, 7) is 10.0. The van der Waals surface area contributed by atoms with E-state index in [1.54, 1.807) is 0 Å². The molecule has 0 aliphatic heterocycles. The second kappa shape index (κ2) is 7.28. The van der Waals surface area contributed by atoms with Crippen molar-refractivity contribution in [3.8, 4) is 5.75 Å². The molecule has 112 valence electrons. The van der Waals surface area contributed by atoms with Gasteiger partial charge in [0.05, 0.1) is 0 Å². The number of hydrogen-bond donors (Lipinski definition) is 1. The molecule has 2 nitrogen and oxygen atoms in total. The van der Waals surface area contributed by atoms with Crippen LogP contribution in [0.5, 0.6) is 5.75 Å². The van der Waals surface area contributed by atoms with Crippen molar-refractivity contribution >= 4 is 0 Å². The SMILES string of the molecule is Cc1cccc(OCc2cccc(CNC(C)C)c2)c1C. The van der Waals surface area contributed by atoms with Gasteiger partial charge in [-0.25, -0.2) is 0 Å². The molecule has 0 radical (unpaired) electrons. The summed E-state index contributed by atoms with van der Waals surface area (Å²) in [5.41, 5.74) is 4.99. The summed E-state index contributed by atoms with van der Waals surface area (Å²) in [5, 5.41) is 3.44. The summed E-state index contributed by atoms with van der Waals surface area (Å²) in [4.78, 5) is 0. The molecule has 21 heavy (non-hydrogen) atoms. The van der Waals surface area contributed by atoms with Crippen molar-refractivity contribution in [2.45, 2.75) is 46.9 Å². The van der Waals surface area contributed by atoms with E-state index in [-0.39, 0.29) is 0 Å². The molecule has 0 bridgehead atoms. The Morgan fingerprint density at radius 3 is 2.48 bits per heavy atom. The highest BCUT2D eigenvalue weighted by molar-refractivity contribution is 5.38. The van der Waals surface area contributed by atoms with Gasteiger partial charge in [0.15, 0.2) is 0 Å². The molecule has 0 aromatic heterocycles. The minimum Gasteiger partial charge on any atom is -0.489 e. The Labute approximate surface area is 128 Å². The minimum atomic E-state index is 0.500. The van der Waals surface area contributed by atoms with Gasteiger partial charge < -0.3 is 10.1 Å². The van der Waals surface area contributed by atoms with Crippen molar-refractivity contribution in [3.05, 3.63) is 64.7 Å². The molecule has 1 N–H and O–H groups in total. The summed E-state index contributed by atoms with van der Waals surface area (Å²) in [7, 11) is 0. The van der Waals surface area contributed by atoms with E-state index in [1.807, 2.05) is 12.1 Å². The third-order valence-corrected chi connectivity index (χ3v) is 3.66. The predicted molar refractivity (Wildman–Crippen MR) is 88.7 cm³/mol. The van der Waals surface area contributed by atoms with Crippen LogP contribution in [0.4, 0.5) is 0 Å². The Hall–Kier alpha value is -1.80. The van der Waals surface area contributed by atoms with Crippen LogP contribution in [0.1, 0.15) is 36.1 Å². The zero-order valence-electron chi connectivity index (χ0n) is 13.4. The van der Waals surface area contributed by atoms with Crippen LogP contribution in [0, 0.1) is 13.8 Å². The average Bonchev–Trinajstić information content (AvgIpc) is 2.47. The fourth-order valence-electron chi connectivity index (χ4n) is 2.19. The van der Waals surface area contributed by atoms with Gasteiger partial charge in [-0.2, -0.15) is 0 Å². The van der Waals surface area contributed by atoms with Crippen LogP contribution in [0.3, 0.4) is 0 Å². The van der Waals surface area contributed by atoms with Gasteiger partial charge in [0, 0.05) is 12.6 Å². The number of ether oxygens (including phenoxy) is 1. The first-order chi connectivity index (χ1) is 10.1. The van der Waals surface area contributed by atoms with E-state index in [4.69, 9.17) is 4.74 Å². The molecule has 0 aliphatic rings.